The zero-order valence-electron chi connectivity index (χ0n) is 21.3. The van der Waals surface area contributed by atoms with E-state index in [9.17, 15) is 9.18 Å². The fourth-order valence-corrected chi connectivity index (χ4v) is 5.11. The average Bonchev–Trinajstić information content (AvgIpc) is 3.23. The maximum Gasteiger partial charge on any atom is 0.255 e. The highest BCUT2D eigenvalue weighted by atomic mass is 79.9. The van der Waals surface area contributed by atoms with E-state index in [2.05, 4.69) is 34.7 Å². The first-order valence-electron chi connectivity index (χ1n) is 12.6. The number of aromatic nitrogens is 4. The highest BCUT2D eigenvalue weighted by Gasteiger charge is 2.27. The number of carbonyl (C=O) groups is 1. The third-order valence-electron chi connectivity index (χ3n) is 6.72. The van der Waals surface area contributed by atoms with Gasteiger partial charge in [-0.1, -0.05) is 26.0 Å². The lowest BCUT2D eigenvalue weighted by atomic mass is 10.1. The molecular formula is C28H30BrFN6O. The summed E-state index contributed by atoms with van der Waals surface area (Å²) in [5.41, 5.74) is 2.96. The van der Waals surface area contributed by atoms with Gasteiger partial charge in [0.05, 0.1) is 22.3 Å². The number of nitrogens with zero attached hydrogens (tertiary/aromatic N) is 6. The van der Waals surface area contributed by atoms with Crippen LogP contribution < -0.4 is 4.90 Å². The molecule has 0 spiro atoms. The Balaban J connectivity index is 1.48. The molecule has 1 fully saturated rings. The number of anilines is 1. The summed E-state index contributed by atoms with van der Waals surface area (Å²) in [7, 11) is 0. The summed E-state index contributed by atoms with van der Waals surface area (Å²) in [4.78, 5) is 27.2. The molecule has 9 heteroatoms. The molecule has 1 aliphatic rings. The molecule has 1 amide bonds. The molecule has 0 bridgehead atoms. The number of carbonyl (C=O) groups excluding carboxylic acids is 1. The first-order valence-corrected chi connectivity index (χ1v) is 13.4. The van der Waals surface area contributed by atoms with Crippen molar-refractivity contribution in [3.8, 4) is 5.69 Å². The zero-order valence-corrected chi connectivity index (χ0v) is 22.9. The standard InChI is InChI=1S/C28H30BrFN6O/c1-18(2)8-13-24-31-26(25-19(3)33-36(27(25)32-24)21-11-9-20(30)10-12-21)34-14-16-35(17-15-34)28(37)22-6-4-5-7-23(22)29/h4-7,9-12,18H,8,13-17H2,1-3H3. The minimum absolute atomic E-state index is 0.0258. The van der Waals surface area contributed by atoms with E-state index >= 15 is 0 Å². The van der Waals surface area contributed by atoms with Crippen LogP contribution in [0.15, 0.2) is 53.0 Å². The van der Waals surface area contributed by atoms with Crippen LogP contribution in [0.5, 0.6) is 0 Å². The van der Waals surface area contributed by atoms with Crippen LogP contribution in [0.25, 0.3) is 16.7 Å². The van der Waals surface area contributed by atoms with Crippen molar-refractivity contribution in [2.75, 3.05) is 31.1 Å². The van der Waals surface area contributed by atoms with E-state index in [1.165, 1.54) is 12.1 Å². The van der Waals surface area contributed by atoms with Gasteiger partial charge in [-0.3, -0.25) is 4.79 Å². The van der Waals surface area contributed by atoms with E-state index in [0.29, 0.717) is 37.7 Å². The quantitative estimate of drug-likeness (QED) is 0.306. The van der Waals surface area contributed by atoms with Gasteiger partial charge in [-0.05, 0) is 71.6 Å². The lowest BCUT2D eigenvalue weighted by molar-refractivity contribution is 0.0745. The molecule has 1 aliphatic heterocycles. The number of rotatable bonds is 6. The van der Waals surface area contributed by atoms with Crippen LogP contribution in [0.2, 0.25) is 0 Å². The maximum absolute atomic E-state index is 13.6. The molecule has 7 nitrogen and oxygen atoms in total. The van der Waals surface area contributed by atoms with Gasteiger partial charge in [0.2, 0.25) is 0 Å². The van der Waals surface area contributed by atoms with Crippen molar-refractivity contribution in [1.29, 1.82) is 0 Å². The number of aryl methyl sites for hydroxylation is 2. The highest BCUT2D eigenvalue weighted by Crippen LogP contribution is 2.30. The maximum atomic E-state index is 13.6. The average molecular weight is 565 g/mol. The van der Waals surface area contributed by atoms with Gasteiger partial charge < -0.3 is 9.80 Å². The minimum atomic E-state index is -0.292. The first kappa shape index (κ1) is 25.3. The summed E-state index contributed by atoms with van der Waals surface area (Å²) in [5, 5.41) is 5.66. The second kappa shape index (κ2) is 10.6. The van der Waals surface area contributed by atoms with Crippen molar-refractivity contribution in [2.45, 2.75) is 33.6 Å². The molecule has 0 saturated carbocycles. The van der Waals surface area contributed by atoms with Crippen molar-refractivity contribution < 1.29 is 9.18 Å². The van der Waals surface area contributed by atoms with Crippen LogP contribution in [-0.4, -0.2) is 56.7 Å². The Hall–Kier alpha value is -3.33. The van der Waals surface area contributed by atoms with Crippen LogP contribution in [-0.2, 0) is 6.42 Å². The Bertz CT molecular complexity index is 1430. The number of halogens is 2. The SMILES string of the molecule is Cc1nn(-c2ccc(F)cc2)c2nc(CCC(C)C)nc(N3CCN(C(=O)c4ccccc4Br)CC3)c12. The van der Waals surface area contributed by atoms with E-state index in [4.69, 9.17) is 15.1 Å². The molecule has 0 atom stereocenters. The number of hydrogen-bond donors (Lipinski definition) is 0. The van der Waals surface area contributed by atoms with Crippen LogP contribution in [0, 0.1) is 18.7 Å². The van der Waals surface area contributed by atoms with Crippen molar-refractivity contribution in [3.05, 3.63) is 75.9 Å². The number of amides is 1. The predicted molar refractivity (Wildman–Crippen MR) is 147 cm³/mol. The molecular weight excluding hydrogens is 535 g/mol. The third kappa shape index (κ3) is 5.23. The summed E-state index contributed by atoms with van der Waals surface area (Å²) in [6.45, 7) is 8.84. The fraction of sp³-hybridized carbons (Fsp3) is 0.357. The van der Waals surface area contributed by atoms with Gasteiger partial charge in [0.25, 0.3) is 5.91 Å². The Morgan fingerprint density at radius 3 is 2.41 bits per heavy atom. The van der Waals surface area contributed by atoms with Gasteiger partial charge in [0.15, 0.2) is 5.65 Å². The molecule has 5 rings (SSSR count). The van der Waals surface area contributed by atoms with Gasteiger partial charge in [-0.2, -0.15) is 5.10 Å². The van der Waals surface area contributed by atoms with Crippen molar-refractivity contribution >= 4 is 38.7 Å². The molecule has 0 aliphatic carbocycles. The van der Waals surface area contributed by atoms with E-state index < -0.39 is 0 Å². The molecule has 4 aromatic rings. The second-order valence-corrected chi connectivity index (χ2v) is 10.7. The highest BCUT2D eigenvalue weighted by molar-refractivity contribution is 9.10. The van der Waals surface area contributed by atoms with E-state index in [-0.39, 0.29) is 11.7 Å². The summed E-state index contributed by atoms with van der Waals surface area (Å²) in [6, 6.07) is 13.8. The second-order valence-electron chi connectivity index (χ2n) is 9.83. The lowest BCUT2D eigenvalue weighted by Gasteiger charge is -2.36. The molecule has 1 saturated heterocycles. The Morgan fingerprint density at radius 2 is 1.73 bits per heavy atom. The van der Waals surface area contributed by atoms with Crippen molar-refractivity contribution in [3.63, 3.8) is 0 Å². The summed E-state index contributed by atoms with van der Waals surface area (Å²) >= 11 is 3.50. The van der Waals surface area contributed by atoms with Gasteiger partial charge in [-0.15, -0.1) is 0 Å². The largest absolute Gasteiger partial charge is 0.352 e. The van der Waals surface area contributed by atoms with Crippen LogP contribution in [0.1, 0.15) is 42.1 Å². The number of benzene rings is 2. The Kier molecular flexibility index (Phi) is 7.24. The van der Waals surface area contributed by atoms with Gasteiger partial charge in [0.1, 0.15) is 17.5 Å². The predicted octanol–water partition coefficient (Wildman–Crippen LogP) is 5.58. The molecule has 0 radical (unpaired) electrons. The van der Waals surface area contributed by atoms with Crippen molar-refractivity contribution in [2.24, 2.45) is 5.92 Å². The van der Waals surface area contributed by atoms with Crippen LogP contribution in [0.3, 0.4) is 0 Å². The summed E-state index contributed by atoms with van der Waals surface area (Å²) in [5.74, 6) is 1.88. The van der Waals surface area contributed by atoms with Crippen LogP contribution >= 0.6 is 15.9 Å². The molecule has 3 heterocycles. The summed E-state index contributed by atoms with van der Waals surface area (Å²) in [6.07, 6.45) is 1.73. The number of piperazine rings is 1. The monoisotopic (exact) mass is 564 g/mol. The topological polar surface area (TPSA) is 67.2 Å². The fourth-order valence-electron chi connectivity index (χ4n) is 4.65. The first-order chi connectivity index (χ1) is 17.8. The van der Waals surface area contributed by atoms with E-state index in [1.54, 1.807) is 16.8 Å². The van der Waals surface area contributed by atoms with Gasteiger partial charge >= 0.3 is 0 Å². The van der Waals surface area contributed by atoms with Gasteiger partial charge in [0, 0.05) is 37.1 Å². The van der Waals surface area contributed by atoms with E-state index in [1.807, 2.05) is 36.1 Å². The number of fused-ring (bicyclic) bond motifs is 1. The minimum Gasteiger partial charge on any atom is -0.352 e. The number of hydrogen-bond acceptors (Lipinski definition) is 5. The van der Waals surface area contributed by atoms with E-state index in [0.717, 1.165) is 51.4 Å². The normalized spacial score (nSPS) is 14.1. The molecule has 192 valence electrons. The molecule has 0 unspecified atom stereocenters. The molecule has 2 aromatic heterocycles. The Labute approximate surface area is 224 Å². The molecule has 37 heavy (non-hydrogen) atoms. The summed E-state index contributed by atoms with van der Waals surface area (Å²) < 4.78 is 16.2. The van der Waals surface area contributed by atoms with Crippen molar-refractivity contribution in [1.82, 2.24) is 24.6 Å². The van der Waals surface area contributed by atoms with Crippen LogP contribution in [0.4, 0.5) is 10.2 Å². The van der Waals surface area contributed by atoms with Gasteiger partial charge in [-0.25, -0.2) is 19.0 Å². The zero-order chi connectivity index (χ0) is 26.1. The molecule has 0 N–H and O–H groups in total. The molecule has 2 aromatic carbocycles. The Morgan fingerprint density at radius 1 is 1.03 bits per heavy atom. The lowest BCUT2D eigenvalue weighted by Crippen LogP contribution is -2.49. The third-order valence-corrected chi connectivity index (χ3v) is 7.41. The smallest absolute Gasteiger partial charge is 0.255 e.